The summed E-state index contributed by atoms with van der Waals surface area (Å²) >= 11 is 2.38. The van der Waals surface area contributed by atoms with Crippen molar-refractivity contribution in [1.29, 1.82) is 0 Å². The highest BCUT2D eigenvalue weighted by atomic mass is 127. The van der Waals surface area contributed by atoms with E-state index in [2.05, 4.69) is 77.8 Å². The quantitative estimate of drug-likeness (QED) is 0.796. The van der Waals surface area contributed by atoms with Crippen molar-refractivity contribution < 1.29 is 0 Å². The lowest BCUT2D eigenvalue weighted by Crippen LogP contribution is -2.65. The van der Waals surface area contributed by atoms with Gasteiger partial charge in [-0.05, 0) is 78.5 Å². The number of hydrogen-bond donors (Lipinski definition) is 1. The second kappa shape index (κ2) is 5.48. The monoisotopic (exact) mass is 384 g/mol. The Balaban J connectivity index is 1.87. The molecule has 0 amide bonds. The van der Waals surface area contributed by atoms with Crippen molar-refractivity contribution >= 4 is 28.3 Å². The molecule has 1 aliphatic heterocycles. The molecule has 1 aromatic rings. The Hall–Kier alpha value is -0.290. The van der Waals surface area contributed by atoms with E-state index in [1.54, 1.807) is 0 Å². The van der Waals surface area contributed by atoms with E-state index in [-0.39, 0.29) is 0 Å². The van der Waals surface area contributed by atoms with Crippen molar-refractivity contribution in [3.05, 3.63) is 27.8 Å². The maximum Gasteiger partial charge on any atom is 0.0438 e. The molecule has 0 spiro atoms. The van der Waals surface area contributed by atoms with Gasteiger partial charge < -0.3 is 10.2 Å². The minimum atomic E-state index is 0.300. The molecule has 3 heteroatoms. The van der Waals surface area contributed by atoms with Gasteiger partial charge in [-0.3, -0.25) is 0 Å². The van der Waals surface area contributed by atoms with Crippen LogP contribution in [0.15, 0.2) is 24.3 Å². The lowest BCUT2D eigenvalue weighted by atomic mass is 9.87. The summed E-state index contributed by atoms with van der Waals surface area (Å²) in [6.07, 6.45) is 2.80. The third kappa shape index (κ3) is 2.84. The molecule has 1 saturated carbocycles. The van der Waals surface area contributed by atoms with Crippen LogP contribution in [0.3, 0.4) is 0 Å². The number of hydrogen-bond acceptors (Lipinski definition) is 2. The molecule has 1 saturated heterocycles. The van der Waals surface area contributed by atoms with Crippen LogP contribution in [0.1, 0.15) is 33.6 Å². The van der Waals surface area contributed by atoms with Crippen LogP contribution in [0.4, 0.5) is 5.69 Å². The summed E-state index contributed by atoms with van der Waals surface area (Å²) in [7, 11) is 0. The normalized spacial score (nSPS) is 30.9. The molecule has 0 radical (unpaired) electrons. The first-order chi connectivity index (χ1) is 9.49. The second-order valence-electron chi connectivity index (χ2n) is 6.99. The molecule has 1 heterocycles. The van der Waals surface area contributed by atoms with Gasteiger partial charge in [0.1, 0.15) is 0 Å². The molecule has 2 aliphatic rings. The first kappa shape index (κ1) is 14.6. The summed E-state index contributed by atoms with van der Waals surface area (Å²) in [5.74, 6) is 1.55. The Morgan fingerprint density at radius 1 is 1.25 bits per heavy atom. The van der Waals surface area contributed by atoms with Gasteiger partial charge in [-0.1, -0.05) is 13.8 Å². The molecule has 1 aliphatic carbocycles. The van der Waals surface area contributed by atoms with Crippen molar-refractivity contribution in [3.63, 3.8) is 0 Å². The molecule has 2 fully saturated rings. The van der Waals surface area contributed by atoms with Crippen LogP contribution in [-0.4, -0.2) is 24.7 Å². The van der Waals surface area contributed by atoms with Gasteiger partial charge in [-0.2, -0.15) is 0 Å². The van der Waals surface area contributed by atoms with Crippen molar-refractivity contribution in [1.82, 2.24) is 5.32 Å². The van der Waals surface area contributed by atoms with Crippen molar-refractivity contribution in [2.24, 2.45) is 11.8 Å². The van der Waals surface area contributed by atoms with Crippen molar-refractivity contribution in [2.75, 3.05) is 18.0 Å². The van der Waals surface area contributed by atoms with E-state index in [9.17, 15) is 0 Å². The SMILES string of the molecule is CC(C)C1CNC(C)(C2CC2)CN1c1ccc(I)cc1. The molecule has 20 heavy (non-hydrogen) atoms. The average Bonchev–Trinajstić information content (AvgIpc) is 3.24. The van der Waals surface area contributed by atoms with Gasteiger partial charge in [0.2, 0.25) is 0 Å². The molecule has 2 nitrogen and oxygen atoms in total. The fourth-order valence-corrected chi connectivity index (χ4v) is 3.84. The third-order valence-electron chi connectivity index (χ3n) is 5.02. The van der Waals surface area contributed by atoms with Crippen LogP contribution < -0.4 is 10.2 Å². The number of nitrogens with one attached hydrogen (secondary N) is 1. The van der Waals surface area contributed by atoms with E-state index < -0.39 is 0 Å². The van der Waals surface area contributed by atoms with Crippen LogP contribution in [0.2, 0.25) is 0 Å². The molecule has 2 atom stereocenters. The van der Waals surface area contributed by atoms with Crippen LogP contribution in [-0.2, 0) is 0 Å². The molecule has 3 rings (SSSR count). The summed E-state index contributed by atoms with van der Waals surface area (Å²) in [4.78, 5) is 2.65. The summed E-state index contributed by atoms with van der Waals surface area (Å²) in [5.41, 5.74) is 1.69. The summed E-state index contributed by atoms with van der Waals surface area (Å²) in [6.45, 7) is 9.34. The second-order valence-corrected chi connectivity index (χ2v) is 8.23. The predicted molar refractivity (Wildman–Crippen MR) is 94.3 cm³/mol. The number of anilines is 1. The van der Waals surface area contributed by atoms with Crippen molar-refractivity contribution in [3.8, 4) is 0 Å². The van der Waals surface area contributed by atoms with E-state index in [4.69, 9.17) is 0 Å². The lowest BCUT2D eigenvalue weighted by molar-refractivity contribution is 0.233. The number of benzene rings is 1. The predicted octanol–water partition coefficient (Wildman–Crippen LogP) is 3.89. The minimum Gasteiger partial charge on any atom is -0.365 e. The molecule has 0 aromatic heterocycles. The van der Waals surface area contributed by atoms with Crippen LogP contribution in [0, 0.1) is 15.4 Å². The topological polar surface area (TPSA) is 15.3 Å². The van der Waals surface area contributed by atoms with E-state index in [1.165, 1.54) is 22.1 Å². The largest absolute Gasteiger partial charge is 0.365 e. The van der Waals surface area contributed by atoms with Gasteiger partial charge in [0.15, 0.2) is 0 Å². The zero-order valence-electron chi connectivity index (χ0n) is 12.7. The maximum absolute atomic E-state index is 3.86. The van der Waals surface area contributed by atoms with Gasteiger partial charge in [-0.15, -0.1) is 0 Å². The van der Waals surface area contributed by atoms with E-state index >= 15 is 0 Å². The molecular formula is C17H25IN2. The molecule has 1 aromatic carbocycles. The summed E-state index contributed by atoms with van der Waals surface area (Å²) < 4.78 is 1.31. The number of piperazine rings is 1. The van der Waals surface area contributed by atoms with E-state index in [0.717, 1.165) is 19.0 Å². The third-order valence-corrected chi connectivity index (χ3v) is 5.74. The highest BCUT2D eigenvalue weighted by molar-refractivity contribution is 14.1. The van der Waals surface area contributed by atoms with Gasteiger partial charge in [0, 0.05) is 33.9 Å². The fourth-order valence-electron chi connectivity index (χ4n) is 3.48. The lowest BCUT2D eigenvalue weighted by Gasteiger charge is -2.49. The summed E-state index contributed by atoms with van der Waals surface area (Å²) in [5, 5.41) is 3.86. The average molecular weight is 384 g/mol. The molecule has 110 valence electrons. The standard InChI is InChI=1S/C17H25IN2/c1-12(2)16-10-19-17(3,13-4-5-13)11-20(16)15-8-6-14(18)7-9-15/h6-9,12-13,16,19H,4-5,10-11H2,1-3H3. The Labute approximate surface area is 136 Å². The number of nitrogens with zero attached hydrogens (tertiary/aromatic N) is 1. The smallest absolute Gasteiger partial charge is 0.0438 e. The van der Waals surface area contributed by atoms with Crippen LogP contribution in [0.25, 0.3) is 0 Å². The molecule has 1 N–H and O–H groups in total. The Bertz CT molecular complexity index is 466. The Morgan fingerprint density at radius 3 is 2.45 bits per heavy atom. The van der Waals surface area contributed by atoms with Gasteiger partial charge >= 0.3 is 0 Å². The Morgan fingerprint density at radius 2 is 1.90 bits per heavy atom. The first-order valence-electron chi connectivity index (χ1n) is 7.77. The number of halogens is 1. The molecule has 0 bridgehead atoms. The number of rotatable bonds is 3. The van der Waals surface area contributed by atoms with Gasteiger partial charge in [0.25, 0.3) is 0 Å². The minimum absolute atomic E-state index is 0.300. The maximum atomic E-state index is 3.86. The van der Waals surface area contributed by atoms with Gasteiger partial charge in [0.05, 0.1) is 0 Å². The fraction of sp³-hybridized carbons (Fsp3) is 0.647. The first-order valence-corrected chi connectivity index (χ1v) is 8.85. The zero-order chi connectivity index (χ0) is 14.3. The highest BCUT2D eigenvalue weighted by Crippen LogP contribution is 2.42. The van der Waals surface area contributed by atoms with E-state index in [0.29, 0.717) is 17.5 Å². The molecule has 2 unspecified atom stereocenters. The van der Waals surface area contributed by atoms with Crippen LogP contribution >= 0.6 is 22.6 Å². The zero-order valence-corrected chi connectivity index (χ0v) is 14.9. The molecular weight excluding hydrogens is 359 g/mol. The summed E-state index contributed by atoms with van der Waals surface area (Å²) in [6, 6.07) is 9.63. The Kier molecular flexibility index (Phi) is 4.01. The van der Waals surface area contributed by atoms with Crippen LogP contribution in [0.5, 0.6) is 0 Å². The van der Waals surface area contributed by atoms with Crippen molar-refractivity contribution in [2.45, 2.75) is 45.2 Å². The van der Waals surface area contributed by atoms with E-state index in [1.807, 2.05) is 0 Å². The van der Waals surface area contributed by atoms with Gasteiger partial charge in [-0.25, -0.2) is 0 Å². The highest BCUT2D eigenvalue weighted by Gasteiger charge is 2.46.